The Hall–Kier alpha value is -1.06. The summed E-state index contributed by atoms with van der Waals surface area (Å²) in [5.41, 5.74) is 1.40. The average molecular weight is 277 g/mol. The summed E-state index contributed by atoms with van der Waals surface area (Å²) in [6, 6.07) is 9.12. The van der Waals surface area contributed by atoms with Gasteiger partial charge in [0.1, 0.15) is 12.4 Å². The molecule has 1 aliphatic rings. The van der Waals surface area contributed by atoms with Crippen LogP contribution < -0.4 is 10.1 Å². The lowest BCUT2D eigenvalue weighted by molar-refractivity contribution is 0.0770. The second kappa shape index (κ2) is 8.98. The lowest BCUT2D eigenvalue weighted by Crippen LogP contribution is -2.37. The van der Waals surface area contributed by atoms with E-state index in [1.54, 1.807) is 0 Å². The van der Waals surface area contributed by atoms with Crippen LogP contribution in [0, 0.1) is 0 Å². The van der Waals surface area contributed by atoms with Crippen molar-refractivity contribution in [3.63, 3.8) is 0 Å². The van der Waals surface area contributed by atoms with E-state index in [0.29, 0.717) is 6.04 Å². The van der Waals surface area contributed by atoms with Crippen molar-refractivity contribution in [1.29, 1.82) is 0 Å². The second-order valence-corrected chi connectivity index (χ2v) is 5.44. The van der Waals surface area contributed by atoms with Crippen molar-refractivity contribution in [2.24, 2.45) is 0 Å². The van der Waals surface area contributed by atoms with E-state index in [2.05, 4.69) is 36.5 Å². The molecule has 1 saturated heterocycles. The SMILES string of the molecule is CCCCc1ccc(OCCNC2CCOCC2)cc1. The van der Waals surface area contributed by atoms with Gasteiger partial charge >= 0.3 is 0 Å². The van der Waals surface area contributed by atoms with Crippen molar-refractivity contribution < 1.29 is 9.47 Å². The number of hydrogen-bond donors (Lipinski definition) is 1. The lowest BCUT2D eigenvalue weighted by atomic mass is 10.1. The number of nitrogens with one attached hydrogen (secondary N) is 1. The van der Waals surface area contributed by atoms with Crippen LogP contribution in [-0.4, -0.2) is 32.4 Å². The summed E-state index contributed by atoms with van der Waals surface area (Å²) in [6.07, 6.45) is 5.91. The van der Waals surface area contributed by atoms with Gasteiger partial charge in [-0.3, -0.25) is 0 Å². The third kappa shape index (κ3) is 5.51. The van der Waals surface area contributed by atoms with Crippen molar-refractivity contribution in [3.05, 3.63) is 29.8 Å². The van der Waals surface area contributed by atoms with E-state index in [4.69, 9.17) is 9.47 Å². The summed E-state index contributed by atoms with van der Waals surface area (Å²) in [7, 11) is 0. The summed E-state index contributed by atoms with van der Waals surface area (Å²) in [5.74, 6) is 0.971. The molecule has 1 aromatic rings. The number of ether oxygens (including phenoxy) is 2. The van der Waals surface area contributed by atoms with Crippen LogP contribution in [0.4, 0.5) is 0 Å². The van der Waals surface area contributed by atoms with Gasteiger partial charge in [-0.15, -0.1) is 0 Å². The molecule has 0 bridgehead atoms. The van der Waals surface area contributed by atoms with Crippen molar-refractivity contribution in [2.45, 2.75) is 45.1 Å². The van der Waals surface area contributed by atoms with Gasteiger partial charge in [0.2, 0.25) is 0 Å². The highest BCUT2D eigenvalue weighted by Gasteiger charge is 2.12. The number of hydrogen-bond acceptors (Lipinski definition) is 3. The molecule has 2 rings (SSSR count). The molecule has 0 saturated carbocycles. The zero-order valence-electron chi connectivity index (χ0n) is 12.6. The van der Waals surface area contributed by atoms with Crippen LogP contribution in [0.5, 0.6) is 5.75 Å². The molecule has 1 aliphatic heterocycles. The Morgan fingerprint density at radius 3 is 2.65 bits per heavy atom. The number of aryl methyl sites for hydroxylation is 1. The van der Waals surface area contributed by atoms with Gasteiger partial charge in [0.15, 0.2) is 0 Å². The molecule has 1 heterocycles. The molecule has 20 heavy (non-hydrogen) atoms. The molecule has 0 unspecified atom stereocenters. The summed E-state index contributed by atoms with van der Waals surface area (Å²) in [6.45, 7) is 5.63. The fourth-order valence-electron chi connectivity index (χ4n) is 2.47. The van der Waals surface area contributed by atoms with Gasteiger partial charge in [-0.2, -0.15) is 0 Å². The van der Waals surface area contributed by atoms with E-state index >= 15 is 0 Å². The van der Waals surface area contributed by atoms with E-state index in [0.717, 1.165) is 45.0 Å². The highest BCUT2D eigenvalue weighted by molar-refractivity contribution is 5.27. The molecule has 0 spiro atoms. The summed E-state index contributed by atoms with van der Waals surface area (Å²) in [5, 5.41) is 3.53. The van der Waals surface area contributed by atoms with Crippen LogP contribution in [0.25, 0.3) is 0 Å². The van der Waals surface area contributed by atoms with Gasteiger partial charge in [0.05, 0.1) is 0 Å². The minimum Gasteiger partial charge on any atom is -0.492 e. The minimum absolute atomic E-state index is 0.601. The Morgan fingerprint density at radius 2 is 1.95 bits per heavy atom. The van der Waals surface area contributed by atoms with Crippen LogP contribution >= 0.6 is 0 Å². The van der Waals surface area contributed by atoms with E-state index in [-0.39, 0.29) is 0 Å². The molecule has 1 aromatic carbocycles. The molecule has 0 radical (unpaired) electrons. The fourth-order valence-corrected chi connectivity index (χ4v) is 2.47. The van der Waals surface area contributed by atoms with E-state index in [9.17, 15) is 0 Å². The highest BCUT2D eigenvalue weighted by atomic mass is 16.5. The van der Waals surface area contributed by atoms with Gasteiger partial charge in [-0.05, 0) is 43.4 Å². The minimum atomic E-state index is 0.601. The quantitative estimate of drug-likeness (QED) is 0.740. The van der Waals surface area contributed by atoms with Crippen molar-refractivity contribution in [3.8, 4) is 5.75 Å². The summed E-state index contributed by atoms with van der Waals surface area (Å²) >= 11 is 0. The van der Waals surface area contributed by atoms with E-state index in [1.807, 2.05) is 0 Å². The first-order valence-electron chi connectivity index (χ1n) is 7.91. The van der Waals surface area contributed by atoms with Crippen LogP contribution in [0.15, 0.2) is 24.3 Å². The normalized spacial score (nSPS) is 16.2. The Kier molecular flexibility index (Phi) is 6.89. The van der Waals surface area contributed by atoms with Gasteiger partial charge in [0, 0.05) is 25.8 Å². The number of rotatable bonds is 8. The summed E-state index contributed by atoms with van der Waals surface area (Å²) < 4.78 is 11.1. The molecular formula is C17H27NO2. The van der Waals surface area contributed by atoms with Gasteiger partial charge in [-0.25, -0.2) is 0 Å². The van der Waals surface area contributed by atoms with Crippen molar-refractivity contribution in [2.75, 3.05) is 26.4 Å². The zero-order valence-corrected chi connectivity index (χ0v) is 12.6. The third-order valence-corrected chi connectivity index (χ3v) is 3.77. The number of benzene rings is 1. The largest absolute Gasteiger partial charge is 0.492 e. The lowest BCUT2D eigenvalue weighted by Gasteiger charge is -2.23. The molecule has 112 valence electrons. The molecule has 0 amide bonds. The van der Waals surface area contributed by atoms with Crippen LogP contribution in [0.2, 0.25) is 0 Å². The first-order chi connectivity index (χ1) is 9.88. The number of unbranched alkanes of at least 4 members (excludes halogenated alkanes) is 1. The maximum atomic E-state index is 5.76. The topological polar surface area (TPSA) is 30.5 Å². The predicted molar refractivity (Wildman–Crippen MR) is 82.4 cm³/mol. The zero-order chi connectivity index (χ0) is 14.0. The van der Waals surface area contributed by atoms with Crippen LogP contribution in [-0.2, 0) is 11.2 Å². The molecule has 3 nitrogen and oxygen atoms in total. The molecule has 0 aromatic heterocycles. The first-order valence-corrected chi connectivity index (χ1v) is 7.91. The molecule has 3 heteroatoms. The van der Waals surface area contributed by atoms with Crippen molar-refractivity contribution >= 4 is 0 Å². The Labute approximate surface area is 122 Å². The molecule has 0 aliphatic carbocycles. The smallest absolute Gasteiger partial charge is 0.119 e. The van der Waals surface area contributed by atoms with Gasteiger partial charge < -0.3 is 14.8 Å². The molecular weight excluding hydrogens is 250 g/mol. The second-order valence-electron chi connectivity index (χ2n) is 5.44. The third-order valence-electron chi connectivity index (χ3n) is 3.77. The Morgan fingerprint density at radius 1 is 1.20 bits per heavy atom. The maximum absolute atomic E-state index is 5.76. The monoisotopic (exact) mass is 277 g/mol. The molecule has 1 N–H and O–H groups in total. The molecule has 1 fully saturated rings. The van der Waals surface area contributed by atoms with Gasteiger partial charge in [-0.1, -0.05) is 25.5 Å². The van der Waals surface area contributed by atoms with Crippen LogP contribution in [0.3, 0.4) is 0 Å². The predicted octanol–water partition coefficient (Wildman–Crippen LogP) is 3.18. The Bertz CT molecular complexity index is 358. The standard InChI is InChI=1S/C17H27NO2/c1-2-3-4-15-5-7-17(8-6-15)20-14-11-18-16-9-12-19-13-10-16/h5-8,16,18H,2-4,9-14H2,1H3. The Balaban J connectivity index is 1.61. The first kappa shape index (κ1) is 15.3. The highest BCUT2D eigenvalue weighted by Crippen LogP contribution is 2.13. The van der Waals surface area contributed by atoms with E-state index in [1.165, 1.54) is 24.8 Å². The van der Waals surface area contributed by atoms with E-state index < -0.39 is 0 Å². The average Bonchev–Trinajstić information content (AvgIpc) is 2.52. The summed E-state index contributed by atoms with van der Waals surface area (Å²) in [4.78, 5) is 0. The van der Waals surface area contributed by atoms with Crippen molar-refractivity contribution in [1.82, 2.24) is 5.32 Å². The maximum Gasteiger partial charge on any atom is 0.119 e. The fraction of sp³-hybridized carbons (Fsp3) is 0.647. The molecule has 0 atom stereocenters. The van der Waals surface area contributed by atoms with Crippen LogP contribution in [0.1, 0.15) is 38.2 Å². The van der Waals surface area contributed by atoms with Gasteiger partial charge in [0.25, 0.3) is 0 Å².